The highest BCUT2D eigenvalue weighted by Crippen LogP contribution is 2.68. The molecular formula is C23H34O7. The Bertz CT molecular complexity index is 695. The Morgan fingerprint density at radius 3 is 2.53 bits per heavy atom. The van der Waals surface area contributed by atoms with Gasteiger partial charge in [-0.3, -0.25) is 9.59 Å². The van der Waals surface area contributed by atoms with Gasteiger partial charge in [0, 0.05) is 25.4 Å². The Morgan fingerprint density at radius 2 is 1.73 bits per heavy atom. The van der Waals surface area contributed by atoms with E-state index in [-0.39, 0.29) is 60.2 Å². The second-order valence-electron chi connectivity index (χ2n) is 10.3. The highest BCUT2D eigenvalue weighted by molar-refractivity contribution is 5.73. The van der Waals surface area contributed by atoms with Crippen molar-refractivity contribution in [2.75, 3.05) is 27.1 Å². The van der Waals surface area contributed by atoms with Crippen molar-refractivity contribution in [3.8, 4) is 0 Å². The quantitative estimate of drug-likeness (QED) is 0.370. The van der Waals surface area contributed by atoms with E-state index in [1.54, 1.807) is 7.11 Å². The first kappa shape index (κ1) is 20.7. The van der Waals surface area contributed by atoms with Gasteiger partial charge >= 0.3 is 11.9 Å². The Kier molecular flexibility index (Phi) is 5.35. The molecule has 3 heterocycles. The summed E-state index contributed by atoms with van der Waals surface area (Å²) >= 11 is 0. The van der Waals surface area contributed by atoms with Crippen LogP contribution in [-0.2, 0) is 33.3 Å². The van der Waals surface area contributed by atoms with Crippen LogP contribution >= 0.6 is 0 Å². The Hall–Kier alpha value is -1.18. The van der Waals surface area contributed by atoms with Gasteiger partial charge in [-0.1, -0.05) is 13.8 Å². The molecule has 0 unspecified atom stereocenters. The molecule has 168 valence electrons. The van der Waals surface area contributed by atoms with Crippen LogP contribution in [0.4, 0.5) is 0 Å². The monoisotopic (exact) mass is 422 g/mol. The van der Waals surface area contributed by atoms with E-state index in [9.17, 15) is 9.59 Å². The van der Waals surface area contributed by atoms with E-state index >= 15 is 0 Å². The first-order valence-corrected chi connectivity index (χ1v) is 11.5. The van der Waals surface area contributed by atoms with Crippen LogP contribution in [0.15, 0.2) is 0 Å². The van der Waals surface area contributed by atoms with Gasteiger partial charge in [0.15, 0.2) is 0 Å². The summed E-state index contributed by atoms with van der Waals surface area (Å²) in [7, 11) is 1.65. The molecule has 30 heavy (non-hydrogen) atoms. The van der Waals surface area contributed by atoms with Gasteiger partial charge in [-0.05, 0) is 48.3 Å². The lowest BCUT2D eigenvalue weighted by Crippen LogP contribution is -2.60. The predicted molar refractivity (Wildman–Crippen MR) is 105 cm³/mol. The van der Waals surface area contributed by atoms with Gasteiger partial charge in [-0.15, -0.1) is 0 Å². The molecule has 2 bridgehead atoms. The number of hydrogen-bond donors (Lipinski definition) is 0. The standard InChI is InChI=1S/C23H34O7/c1-12-6-19-16-9-17(28-11-27-5-4-26-3)13-7-18-14(8-20(24)29-18)22(13)23(16,2)15(12)10-21(25)30-19/h12-19,22H,4-11H2,1-3H3/t12-,13+,14-,15+,16-,17+,18-,19-,22-,23-/m0/s1. The van der Waals surface area contributed by atoms with Crippen molar-refractivity contribution in [2.24, 2.45) is 40.9 Å². The van der Waals surface area contributed by atoms with Gasteiger partial charge in [0.05, 0.1) is 25.7 Å². The van der Waals surface area contributed by atoms with Gasteiger partial charge < -0.3 is 23.7 Å². The molecule has 0 amide bonds. The molecule has 0 aromatic heterocycles. The molecule has 0 radical (unpaired) electrons. The number of carbonyl (C=O) groups is 2. The van der Waals surface area contributed by atoms with E-state index in [0.717, 1.165) is 19.3 Å². The Labute approximate surface area is 178 Å². The molecule has 10 atom stereocenters. The molecule has 3 saturated heterocycles. The second-order valence-corrected chi connectivity index (χ2v) is 10.3. The zero-order chi connectivity index (χ0) is 21.0. The lowest BCUT2D eigenvalue weighted by atomic mass is 9.45. The van der Waals surface area contributed by atoms with Crippen molar-refractivity contribution < 1.29 is 33.3 Å². The van der Waals surface area contributed by atoms with Crippen molar-refractivity contribution in [1.29, 1.82) is 0 Å². The Morgan fingerprint density at radius 1 is 0.967 bits per heavy atom. The van der Waals surface area contributed by atoms with Crippen molar-refractivity contribution in [2.45, 2.75) is 64.3 Å². The predicted octanol–water partition coefficient (Wildman–Crippen LogP) is 2.56. The van der Waals surface area contributed by atoms with Crippen molar-refractivity contribution in [3.05, 3.63) is 0 Å². The first-order valence-electron chi connectivity index (χ1n) is 11.5. The number of esters is 2. The van der Waals surface area contributed by atoms with E-state index in [4.69, 9.17) is 23.7 Å². The lowest BCUT2D eigenvalue weighted by molar-refractivity contribution is -0.204. The number of rotatable bonds is 6. The van der Waals surface area contributed by atoms with Crippen LogP contribution in [0.2, 0.25) is 0 Å². The maximum Gasteiger partial charge on any atom is 0.306 e. The number of fused-ring (bicyclic) bond motifs is 6. The molecule has 7 heteroatoms. The summed E-state index contributed by atoms with van der Waals surface area (Å²) in [5, 5.41) is 0. The summed E-state index contributed by atoms with van der Waals surface area (Å²) in [6, 6.07) is 0. The van der Waals surface area contributed by atoms with E-state index in [2.05, 4.69) is 13.8 Å². The number of carbonyl (C=O) groups excluding carboxylic acids is 2. The van der Waals surface area contributed by atoms with E-state index in [1.165, 1.54) is 0 Å². The molecule has 0 N–H and O–H groups in total. The topological polar surface area (TPSA) is 80.3 Å². The number of ether oxygens (including phenoxy) is 5. The molecule has 3 saturated carbocycles. The van der Waals surface area contributed by atoms with Crippen LogP contribution in [0.3, 0.4) is 0 Å². The second kappa shape index (κ2) is 7.75. The highest BCUT2D eigenvalue weighted by Gasteiger charge is 2.69. The highest BCUT2D eigenvalue weighted by atomic mass is 16.7. The molecular weight excluding hydrogens is 388 g/mol. The normalized spacial score (nSPS) is 49.1. The van der Waals surface area contributed by atoms with Crippen LogP contribution in [-0.4, -0.2) is 57.4 Å². The average molecular weight is 423 g/mol. The van der Waals surface area contributed by atoms with Gasteiger partial charge in [-0.2, -0.15) is 0 Å². The summed E-state index contributed by atoms with van der Waals surface area (Å²) in [5.41, 5.74) is -0.0384. The fourth-order valence-corrected chi connectivity index (χ4v) is 8.03. The minimum Gasteiger partial charge on any atom is -0.462 e. The fourth-order valence-electron chi connectivity index (χ4n) is 8.03. The summed E-state index contributed by atoms with van der Waals surface area (Å²) in [6.07, 6.45) is 3.60. The van der Waals surface area contributed by atoms with Gasteiger partial charge in [-0.25, -0.2) is 0 Å². The van der Waals surface area contributed by atoms with Crippen LogP contribution < -0.4 is 0 Å². The van der Waals surface area contributed by atoms with Crippen LogP contribution in [0.25, 0.3) is 0 Å². The van der Waals surface area contributed by atoms with Crippen molar-refractivity contribution in [1.82, 2.24) is 0 Å². The first-order chi connectivity index (χ1) is 14.4. The van der Waals surface area contributed by atoms with Crippen LogP contribution in [0.1, 0.15) is 46.0 Å². The molecule has 7 nitrogen and oxygen atoms in total. The molecule has 6 fully saturated rings. The van der Waals surface area contributed by atoms with Crippen LogP contribution in [0.5, 0.6) is 0 Å². The molecule has 0 spiro atoms. The van der Waals surface area contributed by atoms with Crippen LogP contribution in [0, 0.1) is 40.9 Å². The van der Waals surface area contributed by atoms with Gasteiger partial charge in [0.25, 0.3) is 0 Å². The van der Waals surface area contributed by atoms with Crippen molar-refractivity contribution in [3.63, 3.8) is 0 Å². The summed E-state index contributed by atoms with van der Waals surface area (Å²) < 4.78 is 28.6. The Balaban J connectivity index is 1.45. The maximum atomic E-state index is 12.5. The van der Waals surface area contributed by atoms with E-state index in [1.807, 2.05) is 0 Å². The van der Waals surface area contributed by atoms with E-state index in [0.29, 0.717) is 43.8 Å². The molecule has 6 rings (SSSR count). The molecule has 0 aromatic carbocycles. The zero-order valence-electron chi connectivity index (χ0n) is 18.2. The van der Waals surface area contributed by atoms with E-state index < -0.39 is 0 Å². The van der Waals surface area contributed by atoms with Gasteiger partial charge in [0.1, 0.15) is 19.0 Å². The van der Waals surface area contributed by atoms with Crippen molar-refractivity contribution >= 4 is 11.9 Å². The number of hydrogen-bond acceptors (Lipinski definition) is 7. The zero-order valence-corrected chi connectivity index (χ0v) is 18.2. The summed E-state index contributed by atoms with van der Waals surface area (Å²) in [6.45, 7) is 5.92. The third kappa shape index (κ3) is 3.11. The lowest BCUT2D eigenvalue weighted by Gasteiger charge is -2.60. The van der Waals surface area contributed by atoms with Gasteiger partial charge in [0.2, 0.25) is 0 Å². The maximum absolute atomic E-state index is 12.5. The molecule has 3 aliphatic heterocycles. The average Bonchev–Trinajstić information content (AvgIpc) is 3.14. The smallest absolute Gasteiger partial charge is 0.306 e. The molecule has 3 aliphatic carbocycles. The molecule has 0 aromatic rings. The summed E-state index contributed by atoms with van der Waals surface area (Å²) in [4.78, 5) is 24.7. The molecule has 6 aliphatic rings. The minimum absolute atomic E-state index is 0.0164. The fraction of sp³-hybridized carbons (Fsp3) is 0.913. The summed E-state index contributed by atoms with van der Waals surface area (Å²) in [5.74, 6) is 1.69. The number of methoxy groups -OCH3 is 1. The minimum atomic E-state index is -0.0753. The third-order valence-electron chi connectivity index (χ3n) is 9.08. The largest absolute Gasteiger partial charge is 0.462 e. The SMILES string of the molecule is COCCOCO[C@@H]1C[C@H]2[C@@H]3C[C@H](C)[C@@H](CC(=O)O3)[C@]2(C)[C@@H]2[C@H]3CC(=O)O[C@H]3C[C@@H]21. The third-order valence-corrected chi connectivity index (χ3v) is 9.08.